The van der Waals surface area contributed by atoms with E-state index in [0.29, 0.717) is 18.3 Å². The largest absolute Gasteiger partial charge is 0.495 e. The molecule has 8 nitrogen and oxygen atoms in total. The standard InChI is InChI=1S/C18H26N6O2/c1-4-19-18(20-13-17-21-14(2)22-26-17)24-11-9-23(10-12-24)15-7-5-6-8-16(15)25-3/h5-8H,4,9-13H2,1-3H3,(H,19,20). The third kappa shape index (κ3) is 4.25. The van der Waals surface area contributed by atoms with Crippen LogP contribution in [-0.4, -0.2) is 60.8 Å². The molecule has 1 saturated heterocycles. The molecule has 1 aromatic carbocycles. The minimum absolute atomic E-state index is 0.385. The van der Waals surface area contributed by atoms with Gasteiger partial charge in [-0.15, -0.1) is 0 Å². The molecule has 1 N–H and O–H groups in total. The van der Waals surface area contributed by atoms with E-state index in [-0.39, 0.29) is 0 Å². The molecule has 0 amide bonds. The number of hydrogen-bond acceptors (Lipinski definition) is 6. The molecule has 0 radical (unpaired) electrons. The fourth-order valence-electron chi connectivity index (χ4n) is 3.02. The number of nitrogens with zero attached hydrogens (tertiary/aromatic N) is 5. The van der Waals surface area contributed by atoms with Crippen LogP contribution in [0.2, 0.25) is 0 Å². The average Bonchev–Trinajstić information content (AvgIpc) is 3.10. The third-order valence-electron chi connectivity index (χ3n) is 4.27. The van der Waals surface area contributed by atoms with E-state index >= 15 is 0 Å². The van der Waals surface area contributed by atoms with E-state index in [1.165, 1.54) is 0 Å². The molecule has 2 heterocycles. The molecule has 0 bridgehead atoms. The van der Waals surface area contributed by atoms with Gasteiger partial charge in [-0.2, -0.15) is 4.98 Å². The van der Waals surface area contributed by atoms with Gasteiger partial charge < -0.3 is 24.4 Å². The highest BCUT2D eigenvalue weighted by atomic mass is 16.5. The molecule has 1 aliphatic rings. The lowest BCUT2D eigenvalue weighted by Gasteiger charge is -2.38. The van der Waals surface area contributed by atoms with Gasteiger partial charge in [-0.3, -0.25) is 0 Å². The molecule has 8 heteroatoms. The van der Waals surface area contributed by atoms with Crippen LogP contribution in [0.15, 0.2) is 33.8 Å². The molecule has 2 aromatic rings. The molecule has 26 heavy (non-hydrogen) atoms. The lowest BCUT2D eigenvalue weighted by atomic mass is 10.2. The molecule has 0 unspecified atom stereocenters. The number of guanidine groups is 1. The van der Waals surface area contributed by atoms with Crippen LogP contribution < -0.4 is 15.0 Å². The van der Waals surface area contributed by atoms with Gasteiger partial charge in [0.1, 0.15) is 12.3 Å². The van der Waals surface area contributed by atoms with Crippen molar-refractivity contribution in [1.29, 1.82) is 0 Å². The van der Waals surface area contributed by atoms with Crippen molar-refractivity contribution in [1.82, 2.24) is 20.4 Å². The van der Waals surface area contributed by atoms with Crippen LogP contribution in [0.5, 0.6) is 5.75 Å². The summed E-state index contributed by atoms with van der Waals surface area (Å²) in [5.74, 6) is 2.95. The van der Waals surface area contributed by atoms with Crippen LogP contribution >= 0.6 is 0 Å². The summed E-state index contributed by atoms with van der Waals surface area (Å²) >= 11 is 0. The molecule has 0 aliphatic carbocycles. The zero-order chi connectivity index (χ0) is 18.4. The second-order valence-corrected chi connectivity index (χ2v) is 6.05. The fraction of sp³-hybridized carbons (Fsp3) is 0.500. The highest BCUT2D eigenvalue weighted by Gasteiger charge is 2.21. The van der Waals surface area contributed by atoms with Crippen molar-refractivity contribution in [2.75, 3.05) is 44.7 Å². The number of hydrogen-bond donors (Lipinski definition) is 1. The smallest absolute Gasteiger partial charge is 0.248 e. The monoisotopic (exact) mass is 358 g/mol. The Morgan fingerprint density at radius 3 is 2.69 bits per heavy atom. The van der Waals surface area contributed by atoms with E-state index in [1.54, 1.807) is 14.0 Å². The molecular weight excluding hydrogens is 332 g/mol. The van der Waals surface area contributed by atoms with E-state index in [4.69, 9.17) is 9.26 Å². The zero-order valence-electron chi connectivity index (χ0n) is 15.6. The number of benzene rings is 1. The van der Waals surface area contributed by atoms with Gasteiger partial charge in [0.25, 0.3) is 0 Å². The van der Waals surface area contributed by atoms with Gasteiger partial charge in [0.05, 0.1) is 12.8 Å². The Labute approximate surface area is 153 Å². The SMILES string of the molecule is CCNC(=NCc1nc(C)no1)N1CCN(c2ccccc2OC)CC1. The predicted octanol–water partition coefficient (Wildman–Crippen LogP) is 1.67. The van der Waals surface area contributed by atoms with Crippen molar-refractivity contribution in [3.63, 3.8) is 0 Å². The number of anilines is 1. The Bertz CT molecular complexity index is 737. The summed E-state index contributed by atoms with van der Waals surface area (Å²) in [5, 5.41) is 7.15. The van der Waals surface area contributed by atoms with E-state index in [0.717, 1.165) is 50.1 Å². The summed E-state index contributed by atoms with van der Waals surface area (Å²) in [4.78, 5) is 13.5. The molecule has 3 rings (SSSR count). The third-order valence-corrected chi connectivity index (χ3v) is 4.27. The number of aliphatic imine (C=N–C) groups is 1. The number of piperazine rings is 1. The quantitative estimate of drug-likeness (QED) is 0.643. The molecule has 1 aliphatic heterocycles. The number of aromatic nitrogens is 2. The summed E-state index contributed by atoms with van der Waals surface area (Å²) in [5.41, 5.74) is 1.14. The maximum Gasteiger partial charge on any atom is 0.248 e. The molecule has 0 spiro atoms. The summed E-state index contributed by atoms with van der Waals surface area (Å²) < 4.78 is 10.6. The second kappa shape index (κ2) is 8.55. The zero-order valence-corrected chi connectivity index (χ0v) is 15.6. The molecule has 1 aromatic heterocycles. The minimum Gasteiger partial charge on any atom is -0.495 e. The lowest BCUT2D eigenvalue weighted by Crippen LogP contribution is -2.52. The van der Waals surface area contributed by atoms with Crippen molar-refractivity contribution in [2.24, 2.45) is 4.99 Å². The Balaban J connectivity index is 1.64. The van der Waals surface area contributed by atoms with E-state index < -0.39 is 0 Å². The van der Waals surface area contributed by atoms with E-state index in [2.05, 4.69) is 43.2 Å². The molecule has 0 saturated carbocycles. The second-order valence-electron chi connectivity index (χ2n) is 6.05. The maximum absolute atomic E-state index is 5.49. The van der Waals surface area contributed by atoms with E-state index in [1.807, 2.05) is 18.2 Å². The average molecular weight is 358 g/mol. The Kier molecular flexibility index (Phi) is 5.93. The van der Waals surface area contributed by atoms with Crippen LogP contribution in [0.25, 0.3) is 0 Å². The number of para-hydroxylation sites is 2. The molecule has 1 fully saturated rings. The van der Waals surface area contributed by atoms with Gasteiger partial charge in [-0.05, 0) is 26.0 Å². The highest BCUT2D eigenvalue weighted by Crippen LogP contribution is 2.28. The van der Waals surface area contributed by atoms with Gasteiger partial charge in [0, 0.05) is 32.7 Å². The fourth-order valence-corrected chi connectivity index (χ4v) is 3.02. The van der Waals surface area contributed by atoms with Crippen molar-refractivity contribution < 1.29 is 9.26 Å². The minimum atomic E-state index is 0.385. The first-order chi connectivity index (χ1) is 12.7. The number of ether oxygens (including phenoxy) is 1. The van der Waals surface area contributed by atoms with Crippen molar-refractivity contribution >= 4 is 11.6 Å². The van der Waals surface area contributed by atoms with Crippen LogP contribution in [0, 0.1) is 6.92 Å². The maximum atomic E-state index is 5.49. The van der Waals surface area contributed by atoms with Crippen LogP contribution in [0.1, 0.15) is 18.6 Å². The van der Waals surface area contributed by atoms with Crippen LogP contribution in [0.3, 0.4) is 0 Å². The van der Waals surface area contributed by atoms with Gasteiger partial charge in [0.15, 0.2) is 11.8 Å². The first-order valence-electron chi connectivity index (χ1n) is 8.91. The van der Waals surface area contributed by atoms with E-state index in [9.17, 15) is 0 Å². The van der Waals surface area contributed by atoms with Gasteiger partial charge >= 0.3 is 0 Å². The topological polar surface area (TPSA) is 79.0 Å². The van der Waals surface area contributed by atoms with Gasteiger partial charge in [-0.1, -0.05) is 17.3 Å². The van der Waals surface area contributed by atoms with Gasteiger partial charge in [0.2, 0.25) is 5.89 Å². The van der Waals surface area contributed by atoms with Crippen molar-refractivity contribution in [2.45, 2.75) is 20.4 Å². The Hall–Kier alpha value is -2.77. The lowest BCUT2D eigenvalue weighted by molar-refractivity contribution is 0.360. The number of rotatable bonds is 5. The normalized spacial score (nSPS) is 15.3. The summed E-state index contributed by atoms with van der Waals surface area (Å²) in [7, 11) is 1.71. The first kappa shape index (κ1) is 18.0. The predicted molar refractivity (Wildman–Crippen MR) is 101 cm³/mol. The number of aryl methyl sites for hydroxylation is 1. The molecular formula is C18H26N6O2. The Morgan fingerprint density at radius 1 is 1.27 bits per heavy atom. The van der Waals surface area contributed by atoms with Crippen molar-refractivity contribution in [3.05, 3.63) is 36.0 Å². The number of nitrogens with one attached hydrogen (secondary N) is 1. The first-order valence-corrected chi connectivity index (χ1v) is 8.91. The molecule has 0 atom stereocenters. The molecule has 140 valence electrons. The summed E-state index contributed by atoms with van der Waals surface area (Å²) in [6.45, 7) is 8.65. The Morgan fingerprint density at radius 2 is 2.04 bits per heavy atom. The highest BCUT2D eigenvalue weighted by molar-refractivity contribution is 5.80. The van der Waals surface area contributed by atoms with Gasteiger partial charge in [-0.25, -0.2) is 4.99 Å². The summed E-state index contributed by atoms with van der Waals surface area (Å²) in [6.07, 6.45) is 0. The van der Waals surface area contributed by atoms with Crippen LogP contribution in [-0.2, 0) is 6.54 Å². The number of methoxy groups -OCH3 is 1. The van der Waals surface area contributed by atoms with Crippen molar-refractivity contribution in [3.8, 4) is 5.75 Å². The summed E-state index contributed by atoms with van der Waals surface area (Å²) in [6, 6.07) is 8.14. The van der Waals surface area contributed by atoms with Crippen LogP contribution in [0.4, 0.5) is 5.69 Å².